The first kappa shape index (κ1) is 19.3. The third-order valence-electron chi connectivity index (χ3n) is 3.73. The third kappa shape index (κ3) is 4.13. The lowest BCUT2D eigenvalue weighted by atomic mass is 10.1. The molecular formula is C16H17F3N4O3. The Hall–Kier alpha value is -3.04. The van der Waals surface area contributed by atoms with Gasteiger partial charge in [0.1, 0.15) is 0 Å². The Balaban J connectivity index is 2.25. The quantitative estimate of drug-likeness (QED) is 0.720. The topological polar surface area (TPSA) is 96.3 Å². The van der Waals surface area contributed by atoms with Gasteiger partial charge in [-0.05, 0) is 18.6 Å². The van der Waals surface area contributed by atoms with Crippen molar-refractivity contribution in [2.24, 2.45) is 5.92 Å². The summed E-state index contributed by atoms with van der Waals surface area (Å²) >= 11 is 0. The summed E-state index contributed by atoms with van der Waals surface area (Å²) in [5.74, 6) is -2.37. The van der Waals surface area contributed by atoms with E-state index in [0.29, 0.717) is 6.42 Å². The second-order valence-corrected chi connectivity index (χ2v) is 5.58. The van der Waals surface area contributed by atoms with E-state index in [4.69, 9.17) is 0 Å². The maximum absolute atomic E-state index is 13.1. The number of amides is 2. The average molecular weight is 370 g/mol. The zero-order valence-corrected chi connectivity index (χ0v) is 14.0. The van der Waals surface area contributed by atoms with Crippen LogP contribution in [0.4, 0.5) is 13.2 Å². The summed E-state index contributed by atoms with van der Waals surface area (Å²) in [5.41, 5.74) is 2.39. The van der Waals surface area contributed by atoms with Crippen molar-refractivity contribution in [2.75, 3.05) is 0 Å². The van der Waals surface area contributed by atoms with Crippen LogP contribution in [-0.2, 0) is 11.0 Å². The number of nitrogens with one attached hydrogen (secondary N) is 2. The molecule has 3 N–H and O–H groups in total. The van der Waals surface area contributed by atoms with Crippen molar-refractivity contribution in [3.05, 3.63) is 41.7 Å². The normalized spacial score (nSPS) is 12.5. The van der Waals surface area contributed by atoms with E-state index in [0.717, 1.165) is 23.0 Å². The maximum Gasteiger partial charge on any atom is 0.418 e. The Labute approximate surface area is 146 Å². The van der Waals surface area contributed by atoms with Crippen molar-refractivity contribution in [1.29, 1.82) is 0 Å². The summed E-state index contributed by atoms with van der Waals surface area (Å²) in [6, 6.07) is 4.60. The predicted octanol–water partition coefficient (Wildman–Crippen LogP) is 2.40. The maximum atomic E-state index is 13.1. The van der Waals surface area contributed by atoms with Gasteiger partial charge in [-0.25, -0.2) is 4.68 Å². The Kier molecular flexibility index (Phi) is 5.53. The number of hydrogen-bond donors (Lipinski definition) is 3. The van der Waals surface area contributed by atoms with Crippen molar-refractivity contribution in [3.63, 3.8) is 0 Å². The first-order valence-corrected chi connectivity index (χ1v) is 7.70. The molecule has 1 atom stereocenters. The number of carbonyl (C=O) groups is 2. The van der Waals surface area contributed by atoms with Crippen LogP contribution in [0.25, 0.3) is 5.69 Å². The largest absolute Gasteiger partial charge is 0.504 e. The van der Waals surface area contributed by atoms with Gasteiger partial charge in [-0.3, -0.25) is 20.4 Å². The van der Waals surface area contributed by atoms with Gasteiger partial charge >= 0.3 is 6.18 Å². The van der Waals surface area contributed by atoms with Gasteiger partial charge in [0.25, 0.3) is 5.91 Å². The number of carbonyl (C=O) groups excluding carboxylic acids is 2. The Morgan fingerprint density at radius 1 is 1.27 bits per heavy atom. The van der Waals surface area contributed by atoms with Crippen LogP contribution in [0, 0.1) is 5.92 Å². The minimum absolute atomic E-state index is 0.347. The van der Waals surface area contributed by atoms with Gasteiger partial charge in [-0.1, -0.05) is 26.0 Å². The molecule has 2 rings (SSSR count). The zero-order chi connectivity index (χ0) is 19.5. The molecule has 10 heteroatoms. The van der Waals surface area contributed by atoms with Crippen LogP contribution >= 0.6 is 0 Å². The van der Waals surface area contributed by atoms with E-state index in [1.54, 1.807) is 13.8 Å². The highest BCUT2D eigenvalue weighted by Crippen LogP contribution is 2.34. The van der Waals surface area contributed by atoms with Crippen molar-refractivity contribution < 1.29 is 27.9 Å². The minimum atomic E-state index is -4.63. The van der Waals surface area contributed by atoms with Gasteiger partial charge < -0.3 is 5.11 Å². The van der Waals surface area contributed by atoms with Gasteiger partial charge in [0.15, 0.2) is 11.4 Å². The molecule has 0 saturated heterocycles. The SMILES string of the molecule is CC[C@@H](C)C(=O)NNC(=O)c1nn(-c2ccccc2C(F)(F)F)cc1O. The summed E-state index contributed by atoms with van der Waals surface area (Å²) in [5, 5.41) is 13.5. The van der Waals surface area contributed by atoms with E-state index in [1.807, 2.05) is 0 Å². The lowest BCUT2D eigenvalue weighted by Crippen LogP contribution is -2.44. The minimum Gasteiger partial charge on any atom is -0.504 e. The molecule has 0 aliphatic carbocycles. The molecule has 0 aliphatic rings. The molecule has 0 bridgehead atoms. The number of halogens is 3. The van der Waals surface area contributed by atoms with Crippen LogP contribution in [0.5, 0.6) is 5.75 Å². The molecule has 0 fully saturated rings. The van der Waals surface area contributed by atoms with E-state index in [9.17, 15) is 27.9 Å². The number of nitrogens with zero attached hydrogens (tertiary/aromatic N) is 2. The van der Waals surface area contributed by atoms with Crippen LogP contribution in [0.1, 0.15) is 36.3 Å². The van der Waals surface area contributed by atoms with E-state index >= 15 is 0 Å². The summed E-state index contributed by atoms with van der Waals surface area (Å²) in [6.07, 6.45) is -3.20. The monoisotopic (exact) mass is 370 g/mol. The number of benzene rings is 1. The number of para-hydroxylation sites is 1. The van der Waals surface area contributed by atoms with Crippen LogP contribution in [0.2, 0.25) is 0 Å². The van der Waals surface area contributed by atoms with Crippen molar-refractivity contribution >= 4 is 11.8 Å². The molecule has 1 aromatic heterocycles. The van der Waals surface area contributed by atoms with E-state index in [-0.39, 0.29) is 11.6 Å². The molecule has 0 saturated carbocycles. The van der Waals surface area contributed by atoms with E-state index in [2.05, 4.69) is 16.0 Å². The van der Waals surface area contributed by atoms with Crippen molar-refractivity contribution in [2.45, 2.75) is 26.4 Å². The van der Waals surface area contributed by atoms with Gasteiger partial charge in [-0.2, -0.15) is 18.3 Å². The second-order valence-electron chi connectivity index (χ2n) is 5.58. The number of aromatic nitrogens is 2. The molecule has 0 aliphatic heterocycles. The first-order chi connectivity index (χ1) is 12.1. The Morgan fingerprint density at radius 3 is 2.54 bits per heavy atom. The Bertz CT molecular complexity index is 817. The lowest BCUT2D eigenvalue weighted by molar-refractivity contribution is -0.137. The van der Waals surface area contributed by atoms with Gasteiger partial charge in [-0.15, -0.1) is 0 Å². The fourth-order valence-electron chi connectivity index (χ4n) is 2.05. The number of hydrogen-bond acceptors (Lipinski definition) is 4. The smallest absolute Gasteiger partial charge is 0.418 e. The molecule has 0 radical (unpaired) electrons. The molecule has 1 heterocycles. The van der Waals surface area contributed by atoms with Crippen molar-refractivity contribution in [3.8, 4) is 11.4 Å². The Morgan fingerprint density at radius 2 is 1.92 bits per heavy atom. The highest BCUT2D eigenvalue weighted by Gasteiger charge is 2.34. The highest BCUT2D eigenvalue weighted by atomic mass is 19.4. The molecule has 1 aromatic carbocycles. The third-order valence-corrected chi connectivity index (χ3v) is 3.73. The van der Waals surface area contributed by atoms with Crippen molar-refractivity contribution in [1.82, 2.24) is 20.6 Å². The summed E-state index contributed by atoms with van der Waals surface area (Å²) in [4.78, 5) is 23.7. The first-order valence-electron chi connectivity index (χ1n) is 7.70. The van der Waals surface area contributed by atoms with E-state index in [1.165, 1.54) is 12.1 Å². The van der Waals surface area contributed by atoms with Gasteiger partial charge in [0.2, 0.25) is 5.91 Å². The molecule has 2 amide bonds. The molecule has 7 nitrogen and oxygen atoms in total. The van der Waals surface area contributed by atoms with E-state index < -0.39 is 35.0 Å². The van der Waals surface area contributed by atoms with Gasteiger partial charge in [0, 0.05) is 5.92 Å². The zero-order valence-electron chi connectivity index (χ0n) is 14.0. The predicted molar refractivity (Wildman–Crippen MR) is 85.3 cm³/mol. The summed E-state index contributed by atoms with van der Waals surface area (Å²) in [7, 11) is 0. The number of alkyl halides is 3. The molecule has 0 spiro atoms. The average Bonchev–Trinajstić information content (AvgIpc) is 2.99. The van der Waals surface area contributed by atoms with Crippen LogP contribution in [0.3, 0.4) is 0 Å². The summed E-state index contributed by atoms with van der Waals surface area (Å²) < 4.78 is 40.0. The second kappa shape index (κ2) is 7.46. The molecule has 26 heavy (non-hydrogen) atoms. The lowest BCUT2D eigenvalue weighted by Gasteiger charge is -2.12. The van der Waals surface area contributed by atoms with Crippen LogP contribution in [0.15, 0.2) is 30.5 Å². The molecule has 2 aromatic rings. The fraction of sp³-hybridized carbons (Fsp3) is 0.312. The standard InChI is InChI=1S/C16H17F3N4O3/c1-3-9(2)14(25)20-21-15(26)13-12(24)8-23(22-13)11-7-5-4-6-10(11)16(17,18)19/h4-9,24H,3H2,1-2H3,(H,20,25)(H,21,26)/t9-/m1/s1. The summed E-state index contributed by atoms with van der Waals surface area (Å²) in [6.45, 7) is 3.44. The number of hydrazine groups is 1. The highest BCUT2D eigenvalue weighted by molar-refractivity contribution is 5.96. The number of aromatic hydroxyl groups is 1. The fourth-order valence-corrected chi connectivity index (χ4v) is 2.05. The van der Waals surface area contributed by atoms with Crippen LogP contribution < -0.4 is 10.9 Å². The van der Waals surface area contributed by atoms with Gasteiger partial charge in [0.05, 0.1) is 17.4 Å². The number of rotatable bonds is 4. The van der Waals surface area contributed by atoms with Crippen LogP contribution in [-0.4, -0.2) is 26.7 Å². The molecule has 0 unspecified atom stereocenters. The molecular weight excluding hydrogens is 353 g/mol. The molecule has 140 valence electrons.